The molecule has 0 bridgehead atoms. The minimum atomic E-state index is -0.531. The van der Waals surface area contributed by atoms with Gasteiger partial charge in [-0.1, -0.05) is 54.6 Å². The number of imide groups is 1. The van der Waals surface area contributed by atoms with Crippen molar-refractivity contribution >= 4 is 51.4 Å². The molecule has 0 saturated carbocycles. The molecule has 1 saturated heterocycles. The molecular weight excluding hydrogens is 528 g/mol. The number of hydrogen-bond acceptors (Lipinski definition) is 7. The molecule has 0 spiro atoms. The second kappa shape index (κ2) is 11.2. The number of benzene rings is 4. The molecule has 0 atom stereocenters. The van der Waals surface area contributed by atoms with Crippen LogP contribution in [0.1, 0.15) is 11.1 Å². The van der Waals surface area contributed by atoms with Crippen molar-refractivity contribution in [2.45, 2.75) is 6.61 Å². The molecule has 40 heavy (non-hydrogen) atoms. The van der Waals surface area contributed by atoms with Crippen LogP contribution in [-0.2, 0) is 16.2 Å². The number of carbonyl (C=O) groups excluding carboxylic acids is 3. The van der Waals surface area contributed by atoms with Crippen molar-refractivity contribution < 1.29 is 28.6 Å². The number of thioether (sulfide) groups is 1. The summed E-state index contributed by atoms with van der Waals surface area (Å²) < 4.78 is 17.1. The van der Waals surface area contributed by atoms with Gasteiger partial charge in [-0.3, -0.25) is 19.3 Å². The fourth-order valence-electron chi connectivity index (χ4n) is 4.46. The zero-order valence-electron chi connectivity index (χ0n) is 21.3. The summed E-state index contributed by atoms with van der Waals surface area (Å²) in [4.78, 5) is 39.5. The molecule has 0 radical (unpaired) electrons. The van der Waals surface area contributed by atoms with E-state index < -0.39 is 23.6 Å². The lowest BCUT2D eigenvalue weighted by Crippen LogP contribution is -2.36. The monoisotopic (exact) mass is 552 g/mol. The van der Waals surface area contributed by atoms with Gasteiger partial charge in [0.25, 0.3) is 11.1 Å². The van der Waals surface area contributed by atoms with E-state index in [2.05, 4.69) is 29.6 Å². The van der Waals surface area contributed by atoms with Gasteiger partial charge < -0.3 is 19.5 Å². The van der Waals surface area contributed by atoms with Crippen LogP contribution in [0.3, 0.4) is 0 Å². The first-order valence-corrected chi connectivity index (χ1v) is 13.5. The van der Waals surface area contributed by atoms with Gasteiger partial charge >= 0.3 is 0 Å². The van der Waals surface area contributed by atoms with Crippen molar-refractivity contribution in [1.29, 1.82) is 0 Å². The number of nitrogens with one attached hydrogen (secondary N) is 1. The number of para-hydroxylation sites is 1. The third-order valence-corrected chi connectivity index (χ3v) is 7.32. The molecule has 2 heterocycles. The Kier molecular flexibility index (Phi) is 7.11. The zero-order valence-corrected chi connectivity index (χ0v) is 22.1. The highest BCUT2D eigenvalue weighted by molar-refractivity contribution is 8.18. The number of rotatable bonds is 7. The van der Waals surface area contributed by atoms with Crippen LogP contribution in [0.5, 0.6) is 17.2 Å². The minimum Gasteiger partial charge on any atom is -0.488 e. The summed E-state index contributed by atoms with van der Waals surface area (Å²) in [6, 6.07) is 26.6. The lowest BCUT2D eigenvalue weighted by molar-refractivity contribution is -0.127. The van der Waals surface area contributed by atoms with Gasteiger partial charge in [0.2, 0.25) is 5.91 Å². The van der Waals surface area contributed by atoms with Crippen LogP contribution in [-0.4, -0.2) is 41.7 Å². The smallest absolute Gasteiger partial charge is 0.294 e. The molecule has 4 aromatic carbocycles. The normalized spacial score (nSPS) is 15.5. The van der Waals surface area contributed by atoms with Gasteiger partial charge in [0.15, 0.2) is 11.5 Å². The molecule has 0 unspecified atom stereocenters. The zero-order chi connectivity index (χ0) is 27.5. The van der Waals surface area contributed by atoms with E-state index in [1.165, 1.54) is 0 Å². The van der Waals surface area contributed by atoms with Gasteiger partial charge in [-0.2, -0.15) is 0 Å². The topological polar surface area (TPSA) is 94.2 Å². The number of hydrogen-bond donors (Lipinski definition) is 1. The Morgan fingerprint density at radius 2 is 1.68 bits per heavy atom. The molecule has 0 aromatic heterocycles. The Hall–Kier alpha value is -4.76. The van der Waals surface area contributed by atoms with Crippen molar-refractivity contribution in [2.24, 2.45) is 0 Å². The fourth-order valence-corrected chi connectivity index (χ4v) is 5.29. The first-order valence-electron chi connectivity index (χ1n) is 12.7. The van der Waals surface area contributed by atoms with Gasteiger partial charge in [0.05, 0.1) is 4.91 Å². The second-order valence-corrected chi connectivity index (χ2v) is 10.2. The number of anilines is 1. The molecule has 9 heteroatoms. The maximum Gasteiger partial charge on any atom is 0.294 e. The lowest BCUT2D eigenvalue weighted by atomic mass is 10.1. The number of nitrogens with zero attached hydrogens (tertiary/aromatic N) is 1. The Morgan fingerprint density at radius 1 is 0.900 bits per heavy atom. The van der Waals surface area contributed by atoms with E-state index in [4.69, 9.17) is 14.2 Å². The lowest BCUT2D eigenvalue weighted by Gasteiger charge is -2.19. The average Bonchev–Trinajstić information content (AvgIpc) is 3.23. The van der Waals surface area contributed by atoms with Crippen LogP contribution in [0.25, 0.3) is 16.8 Å². The molecule has 0 aliphatic carbocycles. The molecule has 3 amide bonds. The van der Waals surface area contributed by atoms with Gasteiger partial charge in [-0.05, 0) is 58.4 Å². The van der Waals surface area contributed by atoms with E-state index in [0.717, 1.165) is 33.0 Å². The van der Waals surface area contributed by atoms with Crippen molar-refractivity contribution in [3.05, 3.63) is 101 Å². The summed E-state index contributed by atoms with van der Waals surface area (Å²) in [5, 5.41) is 4.48. The summed E-state index contributed by atoms with van der Waals surface area (Å²) >= 11 is 0.795. The highest BCUT2D eigenvalue weighted by Crippen LogP contribution is 2.35. The van der Waals surface area contributed by atoms with Crippen molar-refractivity contribution in [3.63, 3.8) is 0 Å². The van der Waals surface area contributed by atoms with Crippen LogP contribution >= 0.6 is 11.8 Å². The third kappa shape index (κ3) is 5.50. The van der Waals surface area contributed by atoms with Crippen LogP contribution < -0.4 is 19.5 Å². The maximum atomic E-state index is 13.1. The van der Waals surface area contributed by atoms with Crippen LogP contribution in [0.4, 0.5) is 10.5 Å². The Bertz CT molecular complexity index is 1670. The number of ether oxygens (including phenoxy) is 3. The molecule has 8 nitrogen and oxygen atoms in total. The minimum absolute atomic E-state index is 0.221. The van der Waals surface area contributed by atoms with E-state index >= 15 is 0 Å². The molecule has 6 rings (SSSR count). The molecular formula is C31H24N2O6S. The first kappa shape index (κ1) is 25.5. The summed E-state index contributed by atoms with van der Waals surface area (Å²) in [7, 11) is 0. The van der Waals surface area contributed by atoms with Crippen molar-refractivity contribution in [2.75, 3.05) is 25.1 Å². The predicted octanol–water partition coefficient (Wildman–Crippen LogP) is 5.87. The Morgan fingerprint density at radius 3 is 2.55 bits per heavy atom. The molecule has 2 aliphatic rings. The van der Waals surface area contributed by atoms with E-state index in [1.54, 1.807) is 24.3 Å². The molecule has 1 fully saturated rings. The fraction of sp³-hybridized carbons (Fsp3) is 0.129. The average molecular weight is 553 g/mol. The summed E-state index contributed by atoms with van der Waals surface area (Å²) in [5.41, 5.74) is 2.15. The summed E-state index contributed by atoms with van der Waals surface area (Å²) in [6.45, 7) is 0.825. The summed E-state index contributed by atoms with van der Waals surface area (Å²) in [5.74, 6) is 0.677. The highest BCUT2D eigenvalue weighted by Gasteiger charge is 2.36. The van der Waals surface area contributed by atoms with E-state index in [-0.39, 0.29) is 4.91 Å². The van der Waals surface area contributed by atoms with Gasteiger partial charge in [-0.15, -0.1) is 0 Å². The Balaban J connectivity index is 1.12. The van der Waals surface area contributed by atoms with E-state index in [1.807, 2.05) is 42.5 Å². The van der Waals surface area contributed by atoms with Crippen molar-refractivity contribution in [3.8, 4) is 17.2 Å². The van der Waals surface area contributed by atoms with Gasteiger partial charge in [0, 0.05) is 17.3 Å². The maximum absolute atomic E-state index is 13.1. The quantitative estimate of drug-likeness (QED) is 0.287. The van der Waals surface area contributed by atoms with Crippen molar-refractivity contribution in [1.82, 2.24) is 4.90 Å². The number of amides is 3. The highest BCUT2D eigenvalue weighted by atomic mass is 32.2. The molecule has 1 N–H and O–H groups in total. The third-order valence-electron chi connectivity index (χ3n) is 6.42. The second-order valence-electron chi connectivity index (χ2n) is 9.18. The van der Waals surface area contributed by atoms with E-state index in [9.17, 15) is 14.4 Å². The van der Waals surface area contributed by atoms with Crippen LogP contribution in [0.15, 0.2) is 89.8 Å². The van der Waals surface area contributed by atoms with Crippen LogP contribution in [0.2, 0.25) is 0 Å². The van der Waals surface area contributed by atoms with Gasteiger partial charge in [0.1, 0.15) is 32.1 Å². The number of carbonyl (C=O) groups is 3. The van der Waals surface area contributed by atoms with E-state index in [0.29, 0.717) is 48.3 Å². The Labute approximate surface area is 234 Å². The molecule has 2 aliphatic heterocycles. The van der Waals surface area contributed by atoms with Gasteiger partial charge in [-0.25, -0.2) is 0 Å². The predicted molar refractivity (Wildman–Crippen MR) is 153 cm³/mol. The first-order chi connectivity index (χ1) is 19.5. The standard InChI is InChI=1S/C31H24N2O6S/c34-29(32-24-11-12-26-27(17-24)38-14-13-37-26)18-33-30(35)28(40-31(33)36)16-23-7-3-4-8-25(23)39-19-20-9-10-21-5-1-2-6-22(21)15-20/h1-12,15-17H,13-14,18-19H2,(H,32,34)/b28-16-. The molecule has 4 aromatic rings. The summed E-state index contributed by atoms with van der Waals surface area (Å²) in [6.07, 6.45) is 1.62. The SMILES string of the molecule is O=C(CN1C(=O)S/C(=C\c2ccccc2OCc2ccc3ccccc3c2)C1=O)Nc1ccc2c(c1)OCCO2. The molecule has 200 valence electrons. The number of fused-ring (bicyclic) bond motifs is 2. The largest absolute Gasteiger partial charge is 0.488 e. The van der Waals surface area contributed by atoms with Crippen LogP contribution in [0, 0.1) is 0 Å².